The van der Waals surface area contributed by atoms with Crippen molar-refractivity contribution in [2.24, 2.45) is 0 Å². The number of hydrogen-bond acceptors (Lipinski definition) is 4. The predicted molar refractivity (Wildman–Crippen MR) is 81.4 cm³/mol. The normalized spacial score (nSPS) is 10.3. The van der Waals surface area contributed by atoms with Crippen molar-refractivity contribution in [3.63, 3.8) is 0 Å². The van der Waals surface area contributed by atoms with E-state index in [1.807, 2.05) is 18.2 Å². The molecule has 1 N–H and O–H groups in total. The summed E-state index contributed by atoms with van der Waals surface area (Å²) in [5, 5.41) is 13.5. The molecule has 1 amide bonds. The van der Waals surface area contributed by atoms with E-state index >= 15 is 0 Å². The summed E-state index contributed by atoms with van der Waals surface area (Å²) in [4.78, 5) is 26.1. The summed E-state index contributed by atoms with van der Waals surface area (Å²) in [6.45, 7) is 1.47. The molecule has 0 atom stereocenters. The third-order valence-corrected chi connectivity index (χ3v) is 3.30. The fraction of sp³-hybridized carbons (Fsp3) is 0.167. The summed E-state index contributed by atoms with van der Waals surface area (Å²) in [7, 11) is 0. The maximum absolute atomic E-state index is 11.9. The molecular formula is C12H11IN4O3. The minimum atomic E-state index is -0.557. The number of nitrogens with zero attached hydrogens (tertiary/aromatic N) is 3. The van der Waals surface area contributed by atoms with E-state index in [9.17, 15) is 14.9 Å². The van der Waals surface area contributed by atoms with E-state index in [4.69, 9.17) is 0 Å². The van der Waals surface area contributed by atoms with Crippen LogP contribution in [0.3, 0.4) is 0 Å². The lowest BCUT2D eigenvalue weighted by atomic mass is 10.3. The zero-order valence-electron chi connectivity index (χ0n) is 10.5. The first-order valence-corrected chi connectivity index (χ1v) is 6.77. The first-order valence-electron chi connectivity index (χ1n) is 5.69. The molecule has 2 rings (SSSR count). The summed E-state index contributed by atoms with van der Waals surface area (Å²) >= 11 is 2.14. The zero-order valence-corrected chi connectivity index (χ0v) is 12.7. The van der Waals surface area contributed by atoms with Crippen molar-refractivity contribution in [3.05, 3.63) is 50.0 Å². The van der Waals surface area contributed by atoms with Gasteiger partial charge in [-0.1, -0.05) is 6.07 Å². The van der Waals surface area contributed by atoms with Crippen LogP contribution in [0.15, 0.2) is 30.5 Å². The van der Waals surface area contributed by atoms with E-state index in [0.717, 1.165) is 9.77 Å². The number of nitrogens with one attached hydrogen (secondary N) is 1. The predicted octanol–water partition coefficient (Wildman–Crippen LogP) is 2.34. The Morgan fingerprint density at radius 3 is 2.95 bits per heavy atom. The number of carbonyl (C=O) groups is 1. The van der Waals surface area contributed by atoms with Crippen LogP contribution >= 0.6 is 22.6 Å². The van der Waals surface area contributed by atoms with E-state index < -0.39 is 4.92 Å². The van der Waals surface area contributed by atoms with Crippen molar-refractivity contribution in [3.8, 4) is 0 Å². The molecule has 104 valence electrons. The van der Waals surface area contributed by atoms with Crippen molar-refractivity contribution in [2.75, 3.05) is 5.32 Å². The van der Waals surface area contributed by atoms with E-state index in [-0.39, 0.29) is 18.3 Å². The number of imidazole rings is 1. The van der Waals surface area contributed by atoms with E-state index in [1.165, 1.54) is 4.57 Å². The minimum absolute atomic E-state index is 0.145. The largest absolute Gasteiger partial charge is 0.358 e. The molecule has 0 spiro atoms. The van der Waals surface area contributed by atoms with E-state index in [0.29, 0.717) is 11.5 Å². The molecule has 0 aliphatic rings. The number of aromatic nitrogens is 2. The van der Waals surface area contributed by atoms with Gasteiger partial charge in [-0.25, -0.2) is 9.55 Å². The van der Waals surface area contributed by atoms with E-state index in [1.54, 1.807) is 13.0 Å². The second kappa shape index (κ2) is 5.99. The zero-order chi connectivity index (χ0) is 14.7. The summed E-state index contributed by atoms with van der Waals surface area (Å²) < 4.78 is 2.26. The Balaban J connectivity index is 2.12. The molecule has 1 aromatic heterocycles. The molecule has 0 saturated heterocycles. The highest BCUT2D eigenvalue weighted by Crippen LogP contribution is 2.15. The van der Waals surface area contributed by atoms with Crippen molar-refractivity contribution >= 4 is 40.0 Å². The molecule has 20 heavy (non-hydrogen) atoms. The van der Waals surface area contributed by atoms with Crippen molar-refractivity contribution in [1.82, 2.24) is 9.55 Å². The Morgan fingerprint density at radius 1 is 1.55 bits per heavy atom. The van der Waals surface area contributed by atoms with Crippen molar-refractivity contribution in [1.29, 1.82) is 0 Å². The smallest absolute Gasteiger partial charge is 0.343 e. The van der Waals surface area contributed by atoms with Gasteiger partial charge in [-0.05, 0) is 45.7 Å². The van der Waals surface area contributed by atoms with E-state index in [2.05, 4.69) is 32.9 Å². The average molecular weight is 386 g/mol. The van der Waals surface area contributed by atoms with Gasteiger partial charge in [-0.2, -0.15) is 0 Å². The summed E-state index contributed by atoms with van der Waals surface area (Å²) in [5.41, 5.74) is 0.655. The molecular weight excluding hydrogens is 375 g/mol. The number of aryl methyl sites for hydroxylation is 1. The first kappa shape index (κ1) is 14.4. The highest BCUT2D eigenvalue weighted by atomic mass is 127. The number of amides is 1. The summed E-state index contributed by atoms with van der Waals surface area (Å²) in [6.07, 6.45) is 1.15. The molecule has 0 radical (unpaired) electrons. The van der Waals surface area contributed by atoms with Gasteiger partial charge in [0.15, 0.2) is 12.4 Å². The Bertz CT molecular complexity index is 668. The van der Waals surface area contributed by atoms with Crippen LogP contribution in [0.1, 0.15) is 5.82 Å². The lowest BCUT2D eigenvalue weighted by Crippen LogP contribution is -2.20. The number of benzene rings is 1. The fourth-order valence-corrected chi connectivity index (χ4v) is 2.25. The van der Waals surface area contributed by atoms with Gasteiger partial charge in [0.2, 0.25) is 0 Å². The topological polar surface area (TPSA) is 90.1 Å². The van der Waals surface area contributed by atoms with Gasteiger partial charge in [0.25, 0.3) is 5.91 Å². The molecule has 7 nitrogen and oxygen atoms in total. The molecule has 0 saturated carbocycles. The van der Waals surface area contributed by atoms with Crippen LogP contribution in [-0.2, 0) is 11.3 Å². The minimum Gasteiger partial charge on any atom is -0.358 e. The molecule has 0 unspecified atom stereocenters. The second-order valence-electron chi connectivity index (χ2n) is 4.07. The Morgan fingerprint density at radius 2 is 2.30 bits per heavy atom. The van der Waals surface area contributed by atoms with Crippen LogP contribution in [-0.4, -0.2) is 20.4 Å². The quantitative estimate of drug-likeness (QED) is 0.496. The molecule has 0 aliphatic carbocycles. The van der Waals surface area contributed by atoms with Crippen molar-refractivity contribution < 1.29 is 9.72 Å². The van der Waals surface area contributed by atoms with Gasteiger partial charge >= 0.3 is 5.82 Å². The third-order valence-electron chi connectivity index (χ3n) is 2.63. The third kappa shape index (κ3) is 3.32. The fourth-order valence-electron chi connectivity index (χ4n) is 1.71. The lowest BCUT2D eigenvalue weighted by molar-refractivity contribution is -0.392. The summed E-state index contributed by atoms with van der Waals surface area (Å²) in [5.74, 6) is -0.106. The van der Waals surface area contributed by atoms with Gasteiger partial charge in [-0.15, -0.1) is 0 Å². The molecule has 1 aromatic carbocycles. The lowest BCUT2D eigenvalue weighted by Gasteiger charge is -2.06. The number of hydrogen-bond donors (Lipinski definition) is 1. The number of carbonyl (C=O) groups excluding carboxylic acids is 1. The Labute approximate surface area is 128 Å². The molecule has 2 aromatic rings. The first-order chi connectivity index (χ1) is 9.47. The van der Waals surface area contributed by atoms with Crippen LogP contribution in [0.4, 0.5) is 11.5 Å². The van der Waals surface area contributed by atoms with Gasteiger partial charge < -0.3 is 15.4 Å². The van der Waals surface area contributed by atoms with Gasteiger partial charge in [0.05, 0.1) is 0 Å². The van der Waals surface area contributed by atoms with Gasteiger partial charge in [0.1, 0.15) is 6.20 Å². The maximum atomic E-state index is 11.9. The van der Waals surface area contributed by atoms with Crippen molar-refractivity contribution in [2.45, 2.75) is 13.5 Å². The molecule has 1 heterocycles. The molecule has 0 aliphatic heterocycles. The van der Waals surface area contributed by atoms with Crippen LogP contribution in [0, 0.1) is 20.6 Å². The number of nitro groups is 1. The van der Waals surface area contributed by atoms with Gasteiger partial charge in [-0.3, -0.25) is 4.79 Å². The molecule has 0 bridgehead atoms. The Hall–Kier alpha value is -1.97. The number of anilines is 1. The monoisotopic (exact) mass is 386 g/mol. The standard InChI is InChI=1S/C12H11IN4O3/c1-8-14-6-12(17(19)20)16(8)7-11(18)15-10-4-2-3-9(13)5-10/h2-6H,7H2,1H3,(H,15,18). The van der Waals surface area contributed by atoms with Crippen LogP contribution in [0.5, 0.6) is 0 Å². The van der Waals surface area contributed by atoms with Gasteiger partial charge in [0, 0.05) is 16.2 Å². The van der Waals surface area contributed by atoms with Crippen LogP contribution in [0.2, 0.25) is 0 Å². The molecule has 8 heteroatoms. The molecule has 0 fully saturated rings. The average Bonchev–Trinajstić information content (AvgIpc) is 2.71. The highest BCUT2D eigenvalue weighted by molar-refractivity contribution is 14.1. The van der Waals surface area contributed by atoms with Crippen LogP contribution < -0.4 is 5.32 Å². The maximum Gasteiger partial charge on any atom is 0.343 e. The second-order valence-corrected chi connectivity index (χ2v) is 5.31. The van der Waals surface area contributed by atoms with Crippen LogP contribution in [0.25, 0.3) is 0 Å². The number of halogens is 1. The highest BCUT2D eigenvalue weighted by Gasteiger charge is 2.20. The Kier molecular flexibility index (Phi) is 4.32. The number of rotatable bonds is 4. The summed E-state index contributed by atoms with van der Waals surface area (Å²) in [6, 6.07) is 7.30. The SMILES string of the molecule is Cc1ncc([N+](=O)[O-])n1CC(=O)Nc1cccc(I)c1.